The van der Waals surface area contributed by atoms with Crippen molar-refractivity contribution in [1.29, 1.82) is 0 Å². The van der Waals surface area contributed by atoms with E-state index in [0.29, 0.717) is 0 Å². The minimum absolute atomic E-state index is 0.865. The van der Waals surface area contributed by atoms with Crippen LogP contribution in [0.25, 0.3) is 0 Å². The maximum absolute atomic E-state index is 5.68. The normalized spacial score (nSPS) is 9.80. The Morgan fingerprint density at radius 2 is 2.20 bits per heavy atom. The number of nitrogens with two attached hydrogens (primary N) is 1. The third-order valence-corrected chi connectivity index (χ3v) is 2.09. The predicted octanol–water partition coefficient (Wildman–Crippen LogP) is 1.33. The zero-order chi connectivity index (χ0) is 7.56. The fourth-order valence-electron chi connectivity index (χ4n) is 0.844. The van der Waals surface area contributed by atoms with E-state index in [0.717, 1.165) is 17.4 Å². The van der Waals surface area contributed by atoms with Crippen molar-refractivity contribution < 1.29 is 0 Å². The van der Waals surface area contributed by atoms with Crippen LogP contribution in [0.2, 0.25) is 0 Å². The van der Waals surface area contributed by atoms with Crippen molar-refractivity contribution in [3.8, 4) is 0 Å². The van der Waals surface area contributed by atoms with Crippen molar-refractivity contribution in [2.24, 2.45) is 0 Å². The van der Waals surface area contributed by atoms with Gasteiger partial charge in [-0.2, -0.15) is 0 Å². The number of hydrogen-bond donors (Lipinski definition) is 1. The zero-order valence-electron chi connectivity index (χ0n) is 6.09. The van der Waals surface area contributed by atoms with Gasteiger partial charge in [-0.1, -0.05) is 19.1 Å². The first-order valence-electron chi connectivity index (χ1n) is 3.38. The summed E-state index contributed by atoms with van der Waals surface area (Å²) >= 11 is 0. The average Bonchev–Trinajstić information content (AvgIpc) is 1.95. The highest BCUT2D eigenvalue weighted by Gasteiger charge is 1.92. The maximum atomic E-state index is 5.68. The number of anilines is 1. The Balaban J connectivity index is 3.04. The molecule has 2 N–H and O–H groups in total. The molecule has 0 aliphatic heterocycles. The van der Waals surface area contributed by atoms with E-state index < -0.39 is 0 Å². The molecule has 1 unspecified atom stereocenters. The fraction of sp³-hybridized carbons (Fsp3) is 0.250. The van der Waals surface area contributed by atoms with E-state index in [-0.39, 0.29) is 0 Å². The number of aryl methyl sites for hydroxylation is 1. The van der Waals surface area contributed by atoms with Crippen LogP contribution >= 0.6 is 9.24 Å². The van der Waals surface area contributed by atoms with E-state index in [2.05, 4.69) is 22.2 Å². The Morgan fingerprint density at radius 1 is 1.50 bits per heavy atom. The van der Waals surface area contributed by atoms with E-state index in [1.54, 1.807) is 0 Å². The van der Waals surface area contributed by atoms with Crippen LogP contribution in [0.3, 0.4) is 0 Å². The fourth-order valence-corrected chi connectivity index (χ4v) is 1.02. The van der Waals surface area contributed by atoms with Crippen LogP contribution < -0.4 is 11.0 Å². The number of hydrogen-bond acceptors (Lipinski definition) is 1. The van der Waals surface area contributed by atoms with Crippen molar-refractivity contribution >= 4 is 20.2 Å². The van der Waals surface area contributed by atoms with Gasteiger partial charge in [0.2, 0.25) is 0 Å². The molecule has 54 valence electrons. The van der Waals surface area contributed by atoms with Crippen LogP contribution in [0.4, 0.5) is 5.69 Å². The summed E-state index contributed by atoms with van der Waals surface area (Å²) in [7, 11) is 2.61. The highest BCUT2D eigenvalue weighted by atomic mass is 31.0. The molecule has 0 saturated carbocycles. The lowest BCUT2D eigenvalue weighted by Crippen LogP contribution is -2.01. The second kappa shape index (κ2) is 3.03. The van der Waals surface area contributed by atoms with Crippen LogP contribution in [-0.2, 0) is 6.42 Å². The molecular weight excluding hydrogens is 141 g/mol. The number of benzene rings is 1. The molecule has 0 saturated heterocycles. The maximum Gasteiger partial charge on any atom is 0.0389 e. The second-order valence-electron chi connectivity index (χ2n) is 2.32. The lowest BCUT2D eigenvalue weighted by atomic mass is 10.1. The van der Waals surface area contributed by atoms with Gasteiger partial charge in [-0.3, -0.25) is 0 Å². The Hall–Kier alpha value is -0.550. The summed E-state index contributed by atoms with van der Waals surface area (Å²) in [6.45, 7) is 2.12. The third kappa shape index (κ3) is 1.48. The summed E-state index contributed by atoms with van der Waals surface area (Å²) in [6.07, 6.45) is 1.05. The van der Waals surface area contributed by atoms with Gasteiger partial charge in [-0.25, -0.2) is 0 Å². The Morgan fingerprint density at radius 3 is 2.70 bits per heavy atom. The van der Waals surface area contributed by atoms with Crippen LogP contribution in [0, 0.1) is 0 Å². The van der Waals surface area contributed by atoms with Gasteiger partial charge >= 0.3 is 0 Å². The molecule has 0 radical (unpaired) electrons. The Kier molecular flexibility index (Phi) is 2.29. The van der Waals surface area contributed by atoms with Gasteiger partial charge in [-0.05, 0) is 23.4 Å². The van der Waals surface area contributed by atoms with Crippen LogP contribution in [-0.4, -0.2) is 0 Å². The monoisotopic (exact) mass is 153 g/mol. The minimum atomic E-state index is 0.865. The molecule has 1 nitrogen and oxygen atoms in total. The first-order chi connectivity index (χ1) is 4.74. The molecule has 0 aromatic heterocycles. The molecule has 2 heteroatoms. The van der Waals surface area contributed by atoms with Gasteiger partial charge in [0.05, 0.1) is 0 Å². The zero-order valence-corrected chi connectivity index (χ0v) is 7.25. The van der Waals surface area contributed by atoms with Crippen molar-refractivity contribution in [3.05, 3.63) is 23.8 Å². The first-order valence-corrected chi connectivity index (χ1v) is 3.95. The molecule has 0 amide bonds. The summed E-state index contributed by atoms with van der Waals surface area (Å²) in [5, 5.41) is 1.08. The van der Waals surface area contributed by atoms with E-state index in [9.17, 15) is 0 Å². The molecule has 10 heavy (non-hydrogen) atoms. The van der Waals surface area contributed by atoms with E-state index >= 15 is 0 Å². The lowest BCUT2D eigenvalue weighted by molar-refractivity contribution is 1.14. The molecule has 0 fully saturated rings. The van der Waals surface area contributed by atoms with Gasteiger partial charge in [0.15, 0.2) is 0 Å². The molecule has 0 heterocycles. The molecule has 1 aromatic carbocycles. The lowest BCUT2D eigenvalue weighted by Gasteiger charge is -2.00. The Labute approximate surface area is 63.8 Å². The van der Waals surface area contributed by atoms with Gasteiger partial charge < -0.3 is 5.73 Å². The summed E-state index contributed by atoms with van der Waals surface area (Å²) < 4.78 is 0. The molecule has 1 atom stereocenters. The van der Waals surface area contributed by atoms with Crippen LogP contribution in [0.1, 0.15) is 12.5 Å². The average molecular weight is 153 g/mol. The number of rotatable bonds is 1. The molecule has 0 aliphatic rings. The van der Waals surface area contributed by atoms with Crippen LogP contribution in [0.15, 0.2) is 18.2 Å². The van der Waals surface area contributed by atoms with Gasteiger partial charge in [0.1, 0.15) is 0 Å². The number of nitrogen functional groups attached to an aromatic ring is 1. The first kappa shape index (κ1) is 7.56. The standard InChI is InChI=1S/C8H12NP/c1-2-6-3-4-8(10)7(9)5-6/h3-5H,2,9-10H2,1H3. The SMILES string of the molecule is CCc1ccc(P)c(N)c1. The van der Waals surface area contributed by atoms with E-state index in [1.807, 2.05) is 12.1 Å². The van der Waals surface area contributed by atoms with Crippen LogP contribution in [0.5, 0.6) is 0 Å². The smallest absolute Gasteiger partial charge is 0.0389 e. The van der Waals surface area contributed by atoms with Gasteiger partial charge in [-0.15, -0.1) is 9.24 Å². The van der Waals surface area contributed by atoms with Crippen molar-refractivity contribution in [1.82, 2.24) is 0 Å². The van der Waals surface area contributed by atoms with Crippen molar-refractivity contribution in [3.63, 3.8) is 0 Å². The summed E-state index contributed by atoms with van der Waals surface area (Å²) in [5.74, 6) is 0. The summed E-state index contributed by atoms with van der Waals surface area (Å²) in [6, 6.07) is 6.14. The molecular formula is C8H12NP. The van der Waals surface area contributed by atoms with Gasteiger partial charge in [0.25, 0.3) is 0 Å². The predicted molar refractivity (Wildman–Crippen MR) is 49.6 cm³/mol. The topological polar surface area (TPSA) is 26.0 Å². The van der Waals surface area contributed by atoms with E-state index in [4.69, 9.17) is 5.73 Å². The Bertz CT molecular complexity index is 233. The molecule has 1 rings (SSSR count). The van der Waals surface area contributed by atoms with Crippen molar-refractivity contribution in [2.45, 2.75) is 13.3 Å². The quantitative estimate of drug-likeness (QED) is 0.478. The highest BCUT2D eigenvalue weighted by Crippen LogP contribution is 2.07. The third-order valence-electron chi connectivity index (χ3n) is 1.56. The molecule has 0 spiro atoms. The van der Waals surface area contributed by atoms with Crippen molar-refractivity contribution in [2.75, 3.05) is 5.73 Å². The highest BCUT2D eigenvalue weighted by molar-refractivity contribution is 7.28. The molecule has 1 aromatic rings. The second-order valence-corrected chi connectivity index (χ2v) is 2.94. The largest absolute Gasteiger partial charge is 0.398 e. The summed E-state index contributed by atoms with van der Waals surface area (Å²) in [5.41, 5.74) is 7.84. The minimum Gasteiger partial charge on any atom is -0.398 e. The summed E-state index contributed by atoms with van der Waals surface area (Å²) in [4.78, 5) is 0. The van der Waals surface area contributed by atoms with E-state index in [1.165, 1.54) is 5.56 Å². The molecule has 0 bridgehead atoms. The molecule has 0 aliphatic carbocycles. The van der Waals surface area contributed by atoms with Gasteiger partial charge in [0, 0.05) is 5.69 Å².